The molecule has 0 bridgehead atoms. The second kappa shape index (κ2) is 5.55. The average molecular weight is 361 g/mol. The lowest BCUT2D eigenvalue weighted by Crippen LogP contribution is -2.47. The first kappa shape index (κ1) is 13.8. The molecule has 2 nitrogen and oxygen atoms in total. The zero-order chi connectivity index (χ0) is 13.3. The Balaban J connectivity index is 2.29. The largest absolute Gasteiger partial charge is 0.333 e. The molecule has 2 rings (SSSR count). The minimum absolute atomic E-state index is 0.0269. The van der Waals surface area contributed by atoms with Crippen molar-refractivity contribution in [3.8, 4) is 0 Å². The van der Waals surface area contributed by atoms with Crippen LogP contribution in [0.2, 0.25) is 0 Å². The van der Waals surface area contributed by atoms with Gasteiger partial charge < -0.3 is 4.90 Å². The van der Waals surface area contributed by atoms with E-state index in [2.05, 4.69) is 13.8 Å². The van der Waals surface area contributed by atoms with Crippen LogP contribution in [-0.4, -0.2) is 22.9 Å². The van der Waals surface area contributed by atoms with E-state index in [0.29, 0.717) is 9.13 Å². The lowest BCUT2D eigenvalue weighted by Gasteiger charge is -2.39. The molecule has 1 amide bonds. The molecule has 0 aromatic heterocycles. The number of piperidine rings is 1. The van der Waals surface area contributed by atoms with Crippen LogP contribution in [0.4, 0.5) is 4.39 Å². The zero-order valence-electron chi connectivity index (χ0n) is 10.6. The van der Waals surface area contributed by atoms with Crippen molar-refractivity contribution >= 4 is 28.5 Å². The Bertz CT molecular complexity index is 453. The molecule has 18 heavy (non-hydrogen) atoms. The summed E-state index contributed by atoms with van der Waals surface area (Å²) in [4.78, 5) is 14.5. The van der Waals surface area contributed by atoms with E-state index in [-0.39, 0.29) is 23.8 Å². The smallest absolute Gasteiger partial charge is 0.255 e. The van der Waals surface area contributed by atoms with Crippen LogP contribution in [0.15, 0.2) is 18.2 Å². The summed E-state index contributed by atoms with van der Waals surface area (Å²) in [7, 11) is 0. The van der Waals surface area contributed by atoms with Gasteiger partial charge in [-0.15, -0.1) is 0 Å². The fourth-order valence-corrected chi connectivity index (χ4v) is 3.33. The second-order valence-corrected chi connectivity index (χ2v) is 6.13. The minimum Gasteiger partial charge on any atom is -0.333 e. The standard InChI is InChI=1S/C14H17FINO/c1-9-4-3-5-10(2)17(9)14(18)12-7-6-11(15)8-13(12)16/h6-10H,3-5H2,1-2H3/t9-,10+. The zero-order valence-corrected chi connectivity index (χ0v) is 12.8. The van der Waals surface area contributed by atoms with Gasteiger partial charge in [0.15, 0.2) is 0 Å². The van der Waals surface area contributed by atoms with E-state index < -0.39 is 0 Å². The highest BCUT2D eigenvalue weighted by Crippen LogP contribution is 2.26. The van der Waals surface area contributed by atoms with Gasteiger partial charge in [0.2, 0.25) is 0 Å². The summed E-state index contributed by atoms with van der Waals surface area (Å²) in [5.41, 5.74) is 0.609. The van der Waals surface area contributed by atoms with E-state index in [9.17, 15) is 9.18 Å². The molecule has 1 aliphatic rings. The molecule has 0 spiro atoms. The lowest BCUT2D eigenvalue weighted by molar-refractivity contribution is 0.0509. The fraction of sp³-hybridized carbons (Fsp3) is 0.500. The number of likely N-dealkylation sites (tertiary alicyclic amines) is 1. The van der Waals surface area contributed by atoms with Crippen LogP contribution in [0.1, 0.15) is 43.5 Å². The van der Waals surface area contributed by atoms with Crippen LogP contribution >= 0.6 is 22.6 Å². The lowest BCUT2D eigenvalue weighted by atomic mass is 9.96. The highest BCUT2D eigenvalue weighted by Gasteiger charge is 2.30. The molecule has 1 aromatic carbocycles. The second-order valence-electron chi connectivity index (χ2n) is 4.97. The van der Waals surface area contributed by atoms with Gasteiger partial charge in [0, 0.05) is 15.7 Å². The third kappa shape index (κ3) is 2.68. The first-order chi connectivity index (χ1) is 8.50. The summed E-state index contributed by atoms with van der Waals surface area (Å²) in [5.74, 6) is -0.269. The van der Waals surface area contributed by atoms with Crippen LogP contribution in [0.25, 0.3) is 0 Å². The van der Waals surface area contributed by atoms with Crippen LogP contribution in [0.3, 0.4) is 0 Å². The van der Waals surface area contributed by atoms with E-state index in [1.165, 1.54) is 18.6 Å². The summed E-state index contributed by atoms with van der Waals surface area (Å²) in [5, 5.41) is 0. The van der Waals surface area contributed by atoms with Gasteiger partial charge in [0.05, 0.1) is 5.56 Å². The monoisotopic (exact) mass is 361 g/mol. The first-order valence-electron chi connectivity index (χ1n) is 6.28. The molecule has 4 heteroatoms. The number of rotatable bonds is 1. The fourth-order valence-electron chi connectivity index (χ4n) is 2.62. The molecule has 0 unspecified atom stereocenters. The maximum absolute atomic E-state index is 13.1. The SMILES string of the molecule is C[C@@H]1CCC[C@H](C)N1C(=O)c1ccc(F)cc1I. The predicted octanol–water partition coefficient (Wildman–Crippen LogP) is 3.83. The number of hydrogen-bond acceptors (Lipinski definition) is 1. The third-order valence-electron chi connectivity index (χ3n) is 3.59. The topological polar surface area (TPSA) is 20.3 Å². The van der Waals surface area contributed by atoms with Crippen LogP contribution < -0.4 is 0 Å². The number of nitrogens with zero attached hydrogens (tertiary/aromatic N) is 1. The van der Waals surface area contributed by atoms with Crippen molar-refractivity contribution in [2.45, 2.75) is 45.2 Å². The van der Waals surface area contributed by atoms with E-state index in [1.807, 2.05) is 27.5 Å². The maximum Gasteiger partial charge on any atom is 0.255 e. The normalized spacial score (nSPS) is 24.1. The third-order valence-corrected chi connectivity index (χ3v) is 4.48. The number of carbonyl (C=O) groups is 1. The van der Waals surface area contributed by atoms with Crippen LogP contribution in [0, 0.1) is 9.39 Å². The summed E-state index contributed by atoms with van der Waals surface area (Å²) in [6, 6.07) is 4.89. The molecule has 0 saturated carbocycles. The highest BCUT2D eigenvalue weighted by molar-refractivity contribution is 14.1. The van der Waals surface area contributed by atoms with Crippen molar-refractivity contribution in [3.05, 3.63) is 33.1 Å². The molecule has 1 fully saturated rings. The first-order valence-corrected chi connectivity index (χ1v) is 7.36. The van der Waals surface area contributed by atoms with E-state index >= 15 is 0 Å². The summed E-state index contributed by atoms with van der Waals surface area (Å²) in [6.07, 6.45) is 3.27. The molecule has 2 atom stereocenters. The van der Waals surface area contributed by atoms with E-state index in [0.717, 1.165) is 12.8 Å². The summed E-state index contributed by atoms with van der Waals surface area (Å²) < 4.78 is 13.8. The molecular formula is C14H17FINO. The maximum atomic E-state index is 13.1. The quantitative estimate of drug-likeness (QED) is 0.697. The predicted molar refractivity (Wildman–Crippen MR) is 78.1 cm³/mol. The van der Waals surface area contributed by atoms with Crippen molar-refractivity contribution in [2.24, 2.45) is 0 Å². The molecule has 1 heterocycles. The van der Waals surface area contributed by atoms with Gasteiger partial charge >= 0.3 is 0 Å². The molecular weight excluding hydrogens is 344 g/mol. The average Bonchev–Trinajstić information content (AvgIpc) is 2.28. The number of halogens is 2. The van der Waals surface area contributed by atoms with Crippen molar-refractivity contribution in [1.29, 1.82) is 0 Å². The Labute approximate surface area is 121 Å². The molecule has 1 aliphatic heterocycles. The van der Waals surface area contributed by atoms with E-state index in [4.69, 9.17) is 0 Å². The molecule has 0 radical (unpaired) electrons. The van der Waals surface area contributed by atoms with Gasteiger partial charge in [0.25, 0.3) is 5.91 Å². The Kier molecular flexibility index (Phi) is 4.25. The van der Waals surface area contributed by atoms with Crippen molar-refractivity contribution in [3.63, 3.8) is 0 Å². The van der Waals surface area contributed by atoms with E-state index in [1.54, 1.807) is 6.07 Å². The van der Waals surface area contributed by atoms with Gasteiger partial charge in [-0.3, -0.25) is 4.79 Å². The minimum atomic E-state index is -0.296. The van der Waals surface area contributed by atoms with Crippen molar-refractivity contribution < 1.29 is 9.18 Å². The summed E-state index contributed by atoms with van der Waals surface area (Å²) in [6.45, 7) is 4.17. The molecule has 0 aliphatic carbocycles. The van der Waals surface area contributed by atoms with Gasteiger partial charge in [0.1, 0.15) is 5.82 Å². The van der Waals surface area contributed by atoms with Gasteiger partial charge in [-0.05, 0) is 73.9 Å². The highest BCUT2D eigenvalue weighted by atomic mass is 127. The van der Waals surface area contributed by atoms with Gasteiger partial charge in [-0.1, -0.05) is 0 Å². The number of benzene rings is 1. The number of hydrogen-bond donors (Lipinski definition) is 0. The number of carbonyl (C=O) groups excluding carboxylic acids is 1. The van der Waals surface area contributed by atoms with Gasteiger partial charge in [-0.25, -0.2) is 4.39 Å². The number of amides is 1. The van der Waals surface area contributed by atoms with Crippen LogP contribution in [0.5, 0.6) is 0 Å². The molecule has 0 N–H and O–H groups in total. The molecule has 1 saturated heterocycles. The summed E-state index contributed by atoms with van der Waals surface area (Å²) >= 11 is 2.02. The molecule has 98 valence electrons. The Morgan fingerprint density at radius 1 is 1.33 bits per heavy atom. The Morgan fingerprint density at radius 3 is 2.50 bits per heavy atom. The Morgan fingerprint density at radius 2 is 1.94 bits per heavy atom. The van der Waals surface area contributed by atoms with Gasteiger partial charge in [-0.2, -0.15) is 0 Å². The molecule has 1 aromatic rings. The van der Waals surface area contributed by atoms with Crippen LogP contribution in [-0.2, 0) is 0 Å². The van der Waals surface area contributed by atoms with Crippen molar-refractivity contribution in [1.82, 2.24) is 4.90 Å². The van der Waals surface area contributed by atoms with Crippen molar-refractivity contribution in [2.75, 3.05) is 0 Å². The Hall–Kier alpha value is -0.650.